The number of carbonyl (C=O) groups is 1. The summed E-state index contributed by atoms with van der Waals surface area (Å²) in [6.07, 6.45) is 3.03. The van der Waals surface area contributed by atoms with Gasteiger partial charge in [-0.2, -0.15) is 4.98 Å². The molecule has 1 heterocycles. The molecule has 1 aromatic rings. The largest absolute Gasteiger partial charge is 0.493 e. The number of carboxylic acid groups (broad SMARTS) is 1. The number of aromatic nitrogens is 2. The van der Waals surface area contributed by atoms with Crippen LogP contribution in [0.5, 0.6) is 5.88 Å². The molecule has 1 rings (SSSR count). The Labute approximate surface area is 122 Å². The second kappa shape index (κ2) is 8.25. The number of carboxylic acids is 1. The number of hydrogen-bond donors (Lipinski definition) is 5. The van der Waals surface area contributed by atoms with Gasteiger partial charge in [0.1, 0.15) is 6.04 Å². The average molecular weight is 298 g/mol. The molecule has 1 unspecified atom stereocenters. The predicted octanol–water partition coefficient (Wildman–Crippen LogP) is 0.422. The highest BCUT2D eigenvalue weighted by Crippen LogP contribution is 2.13. The molecule has 0 spiro atoms. The van der Waals surface area contributed by atoms with Gasteiger partial charge < -0.3 is 21.3 Å². The van der Waals surface area contributed by atoms with E-state index >= 15 is 0 Å². The van der Waals surface area contributed by atoms with Crippen molar-refractivity contribution in [1.82, 2.24) is 9.97 Å². The van der Waals surface area contributed by atoms with Gasteiger partial charge in [0.05, 0.1) is 5.56 Å². The van der Waals surface area contributed by atoms with Gasteiger partial charge in [0.25, 0.3) is 5.56 Å². The lowest BCUT2D eigenvalue weighted by Gasteiger charge is -2.09. The Morgan fingerprint density at radius 1 is 1.48 bits per heavy atom. The number of aromatic amines is 1. The Bertz CT molecular complexity index is 529. The molecule has 0 fully saturated rings. The molecule has 21 heavy (non-hydrogen) atoms. The van der Waals surface area contributed by atoms with Gasteiger partial charge in [-0.25, -0.2) is 0 Å². The third-order valence-electron chi connectivity index (χ3n) is 3.08. The molecule has 0 amide bonds. The van der Waals surface area contributed by atoms with E-state index in [0.717, 1.165) is 12.8 Å². The van der Waals surface area contributed by atoms with E-state index < -0.39 is 12.0 Å². The van der Waals surface area contributed by atoms with Crippen LogP contribution in [0.3, 0.4) is 0 Å². The number of aliphatic carboxylic acids is 1. The molecular weight excluding hydrogens is 276 g/mol. The van der Waals surface area contributed by atoms with Gasteiger partial charge in [0.2, 0.25) is 11.8 Å². The number of nitrogens with one attached hydrogen (secondary N) is 2. The third-order valence-corrected chi connectivity index (χ3v) is 3.08. The second-order valence-corrected chi connectivity index (χ2v) is 4.83. The average Bonchev–Trinajstić information content (AvgIpc) is 2.42. The molecule has 0 saturated carbocycles. The van der Waals surface area contributed by atoms with Gasteiger partial charge in [-0.05, 0) is 25.7 Å². The highest BCUT2D eigenvalue weighted by Gasteiger charge is 2.12. The van der Waals surface area contributed by atoms with E-state index in [2.05, 4.69) is 15.3 Å². The zero-order chi connectivity index (χ0) is 15.8. The smallest absolute Gasteiger partial charge is 0.320 e. The topological polar surface area (TPSA) is 141 Å². The predicted molar refractivity (Wildman–Crippen MR) is 78.5 cm³/mol. The standard InChI is InChI=1S/C13H22N4O4/c1-2-3-5-8-10(18)16-13(17-11(8)19)15-7-4-6-9(14)12(20)21/h9H,2-7,14H2,1H3,(H,20,21)(H3,15,16,17,18,19). The molecular formula is C13H22N4O4. The number of unbranched alkanes of at least 4 members (excludes halogenated alkanes) is 1. The number of aromatic hydroxyl groups is 1. The lowest BCUT2D eigenvalue weighted by atomic mass is 10.1. The molecule has 6 N–H and O–H groups in total. The second-order valence-electron chi connectivity index (χ2n) is 4.83. The van der Waals surface area contributed by atoms with Gasteiger partial charge in [0, 0.05) is 6.54 Å². The number of nitrogens with zero attached hydrogens (tertiary/aromatic N) is 1. The first-order chi connectivity index (χ1) is 9.95. The summed E-state index contributed by atoms with van der Waals surface area (Å²) in [5.74, 6) is -1.14. The van der Waals surface area contributed by atoms with Crippen molar-refractivity contribution in [2.75, 3.05) is 11.9 Å². The molecule has 8 heteroatoms. The SMILES string of the molecule is CCCCc1c(O)nc(NCCCC(N)C(=O)O)[nH]c1=O. The van der Waals surface area contributed by atoms with Crippen LogP contribution in [0.25, 0.3) is 0 Å². The number of rotatable bonds is 9. The number of H-pyrrole nitrogens is 1. The zero-order valence-electron chi connectivity index (χ0n) is 12.1. The molecule has 1 aromatic heterocycles. The summed E-state index contributed by atoms with van der Waals surface area (Å²) >= 11 is 0. The Kier molecular flexibility index (Phi) is 6.67. The van der Waals surface area contributed by atoms with Crippen LogP contribution in [-0.2, 0) is 11.2 Å². The van der Waals surface area contributed by atoms with Crippen molar-refractivity contribution in [3.8, 4) is 5.88 Å². The molecule has 8 nitrogen and oxygen atoms in total. The molecule has 0 aliphatic heterocycles. The normalized spacial score (nSPS) is 12.1. The number of anilines is 1. The van der Waals surface area contributed by atoms with E-state index in [4.69, 9.17) is 10.8 Å². The molecule has 0 aliphatic carbocycles. The Morgan fingerprint density at radius 2 is 2.19 bits per heavy atom. The summed E-state index contributed by atoms with van der Waals surface area (Å²) in [6.45, 7) is 2.40. The van der Waals surface area contributed by atoms with E-state index in [0.29, 0.717) is 25.8 Å². The molecule has 118 valence electrons. The lowest BCUT2D eigenvalue weighted by Crippen LogP contribution is -2.30. The molecule has 0 bridgehead atoms. The van der Waals surface area contributed by atoms with Crippen LogP contribution in [0.1, 0.15) is 38.2 Å². The Hall–Kier alpha value is -2.09. The van der Waals surface area contributed by atoms with Crippen molar-refractivity contribution in [1.29, 1.82) is 0 Å². The van der Waals surface area contributed by atoms with Gasteiger partial charge in [-0.15, -0.1) is 0 Å². The van der Waals surface area contributed by atoms with Crippen LogP contribution < -0.4 is 16.6 Å². The highest BCUT2D eigenvalue weighted by molar-refractivity contribution is 5.72. The summed E-state index contributed by atoms with van der Waals surface area (Å²) in [7, 11) is 0. The first-order valence-corrected chi connectivity index (χ1v) is 7.00. The fraction of sp³-hybridized carbons (Fsp3) is 0.615. The Morgan fingerprint density at radius 3 is 2.76 bits per heavy atom. The van der Waals surface area contributed by atoms with Crippen molar-refractivity contribution in [2.24, 2.45) is 5.73 Å². The quantitative estimate of drug-likeness (QED) is 0.416. The zero-order valence-corrected chi connectivity index (χ0v) is 12.1. The monoisotopic (exact) mass is 298 g/mol. The fourth-order valence-electron chi connectivity index (χ4n) is 1.80. The summed E-state index contributed by atoms with van der Waals surface area (Å²) < 4.78 is 0. The summed E-state index contributed by atoms with van der Waals surface area (Å²) in [5.41, 5.74) is 5.30. The maximum atomic E-state index is 11.8. The van der Waals surface area contributed by atoms with E-state index in [-0.39, 0.29) is 23.0 Å². The summed E-state index contributed by atoms with van der Waals surface area (Å²) in [5, 5.41) is 21.2. The van der Waals surface area contributed by atoms with Crippen LogP contribution in [0.4, 0.5) is 5.95 Å². The minimum absolute atomic E-state index is 0.168. The fourth-order valence-corrected chi connectivity index (χ4v) is 1.80. The first-order valence-electron chi connectivity index (χ1n) is 7.00. The van der Waals surface area contributed by atoms with Crippen molar-refractivity contribution in [2.45, 2.75) is 45.1 Å². The van der Waals surface area contributed by atoms with Crippen molar-refractivity contribution in [3.05, 3.63) is 15.9 Å². The van der Waals surface area contributed by atoms with Gasteiger partial charge in [-0.3, -0.25) is 14.6 Å². The van der Waals surface area contributed by atoms with Crippen LogP contribution in [0, 0.1) is 0 Å². The van der Waals surface area contributed by atoms with E-state index in [9.17, 15) is 14.7 Å². The lowest BCUT2D eigenvalue weighted by molar-refractivity contribution is -0.138. The van der Waals surface area contributed by atoms with Crippen LogP contribution >= 0.6 is 0 Å². The minimum atomic E-state index is -1.04. The molecule has 0 saturated heterocycles. The van der Waals surface area contributed by atoms with Gasteiger partial charge in [0.15, 0.2) is 0 Å². The first kappa shape index (κ1) is 17.0. The van der Waals surface area contributed by atoms with E-state index in [1.54, 1.807) is 0 Å². The van der Waals surface area contributed by atoms with Gasteiger partial charge in [-0.1, -0.05) is 13.3 Å². The molecule has 0 aromatic carbocycles. The van der Waals surface area contributed by atoms with Crippen molar-refractivity contribution < 1.29 is 15.0 Å². The van der Waals surface area contributed by atoms with E-state index in [1.807, 2.05) is 6.92 Å². The molecule has 1 atom stereocenters. The number of nitrogens with two attached hydrogens (primary N) is 1. The molecule has 0 aliphatic rings. The van der Waals surface area contributed by atoms with Crippen molar-refractivity contribution >= 4 is 11.9 Å². The molecule has 0 radical (unpaired) electrons. The number of hydrogen-bond acceptors (Lipinski definition) is 6. The minimum Gasteiger partial charge on any atom is -0.493 e. The summed E-state index contributed by atoms with van der Waals surface area (Å²) in [6, 6.07) is -0.899. The maximum Gasteiger partial charge on any atom is 0.320 e. The van der Waals surface area contributed by atoms with Gasteiger partial charge >= 0.3 is 5.97 Å². The van der Waals surface area contributed by atoms with Crippen LogP contribution in [-0.4, -0.2) is 38.7 Å². The summed E-state index contributed by atoms with van der Waals surface area (Å²) in [4.78, 5) is 28.8. The third kappa shape index (κ3) is 5.42. The Balaban J connectivity index is 2.53. The van der Waals surface area contributed by atoms with Crippen LogP contribution in [0.15, 0.2) is 4.79 Å². The van der Waals surface area contributed by atoms with E-state index in [1.165, 1.54) is 0 Å². The highest BCUT2D eigenvalue weighted by atomic mass is 16.4. The van der Waals surface area contributed by atoms with Crippen LogP contribution in [0.2, 0.25) is 0 Å². The maximum absolute atomic E-state index is 11.8. The van der Waals surface area contributed by atoms with Crippen molar-refractivity contribution in [3.63, 3.8) is 0 Å².